The predicted octanol–water partition coefficient (Wildman–Crippen LogP) is 3.31. The maximum Gasteiger partial charge on any atom is 0.321 e. The van der Waals surface area contributed by atoms with E-state index in [-0.39, 0.29) is 35.9 Å². The molecule has 10 heteroatoms. The van der Waals surface area contributed by atoms with E-state index < -0.39 is 0 Å². The molecule has 3 amide bonds. The highest BCUT2D eigenvalue weighted by Gasteiger charge is 2.51. The summed E-state index contributed by atoms with van der Waals surface area (Å²) in [4.78, 5) is 31.6. The number of piperidine rings is 1. The number of rotatable bonds is 7. The zero-order chi connectivity index (χ0) is 24.3. The molecule has 0 bridgehead atoms. The van der Waals surface area contributed by atoms with Crippen molar-refractivity contribution in [3.63, 3.8) is 0 Å². The number of hydrogen-bond acceptors (Lipinski definition) is 5. The van der Waals surface area contributed by atoms with Crippen molar-refractivity contribution < 1.29 is 19.4 Å². The van der Waals surface area contributed by atoms with Crippen LogP contribution in [0.2, 0.25) is 10.0 Å². The van der Waals surface area contributed by atoms with E-state index in [0.717, 1.165) is 38.8 Å². The van der Waals surface area contributed by atoms with Crippen LogP contribution in [0.15, 0.2) is 18.2 Å². The van der Waals surface area contributed by atoms with E-state index in [1.165, 1.54) is 0 Å². The molecule has 1 aromatic rings. The van der Waals surface area contributed by atoms with Gasteiger partial charge in [0.15, 0.2) is 0 Å². The summed E-state index contributed by atoms with van der Waals surface area (Å²) in [6.07, 6.45) is 4.13. The lowest BCUT2D eigenvalue weighted by Crippen LogP contribution is -2.49. The van der Waals surface area contributed by atoms with E-state index in [9.17, 15) is 14.7 Å². The minimum atomic E-state index is -0.271. The summed E-state index contributed by atoms with van der Waals surface area (Å²) in [5, 5.41) is 14.1. The van der Waals surface area contributed by atoms with Crippen molar-refractivity contribution in [1.82, 2.24) is 14.7 Å². The third kappa shape index (κ3) is 5.97. The highest BCUT2D eigenvalue weighted by molar-refractivity contribution is 6.42. The molecule has 0 radical (unpaired) electrons. The van der Waals surface area contributed by atoms with Gasteiger partial charge in [-0.2, -0.15) is 0 Å². The lowest BCUT2D eigenvalue weighted by atomic mass is 9.90. The Morgan fingerprint density at radius 1 is 1.21 bits per heavy atom. The molecule has 2 heterocycles. The van der Waals surface area contributed by atoms with Gasteiger partial charge in [0.25, 0.3) is 0 Å². The van der Waals surface area contributed by atoms with Crippen LogP contribution in [0.25, 0.3) is 0 Å². The molecule has 1 aromatic carbocycles. The number of anilines is 1. The second-order valence-electron chi connectivity index (χ2n) is 9.71. The molecule has 0 aromatic heterocycles. The number of ether oxygens (including phenoxy) is 1. The number of likely N-dealkylation sites (tertiary alicyclic amines) is 1. The Kier molecular flexibility index (Phi) is 8.25. The monoisotopic (exact) mass is 512 g/mol. The molecule has 188 valence electrons. The number of β-amino-alcohol motifs (C(OH)–C–C–N with tert-alkyl or cyclic N) is 1. The Bertz CT molecular complexity index is 898. The molecule has 2 aliphatic heterocycles. The number of nitrogens with one attached hydrogen (secondary N) is 1. The maximum absolute atomic E-state index is 13.0. The molecule has 2 unspecified atom stereocenters. The van der Waals surface area contributed by atoms with Gasteiger partial charge in [-0.15, -0.1) is 0 Å². The zero-order valence-electron chi connectivity index (χ0n) is 19.6. The van der Waals surface area contributed by atoms with Crippen molar-refractivity contribution in [3.8, 4) is 0 Å². The standard InChI is InChI=1S/C24H34Cl2N4O4/c1-34-16-18(4-9-28-11-8-24(6-7-24)21(31)15-28)30-13-12-29(10-5-22(30)32)23(33)27-17-2-3-19(25)20(26)14-17/h2-3,14,18,21,31H,4-13,15-16H2,1H3,(H,27,33). The Labute approximate surface area is 211 Å². The zero-order valence-corrected chi connectivity index (χ0v) is 21.2. The summed E-state index contributed by atoms with van der Waals surface area (Å²) >= 11 is 12.0. The number of hydrogen-bond donors (Lipinski definition) is 2. The van der Waals surface area contributed by atoms with E-state index in [1.807, 2.05) is 4.90 Å². The minimum absolute atomic E-state index is 0.0301. The van der Waals surface area contributed by atoms with Gasteiger partial charge in [0, 0.05) is 51.9 Å². The van der Waals surface area contributed by atoms with Crippen molar-refractivity contribution in [2.24, 2.45) is 5.41 Å². The summed E-state index contributed by atoms with van der Waals surface area (Å²) in [6.45, 7) is 4.19. The van der Waals surface area contributed by atoms with Crippen LogP contribution in [0.5, 0.6) is 0 Å². The van der Waals surface area contributed by atoms with Crippen LogP contribution >= 0.6 is 23.2 Å². The van der Waals surface area contributed by atoms with Crippen molar-refractivity contribution in [3.05, 3.63) is 28.2 Å². The van der Waals surface area contributed by atoms with Gasteiger partial charge in [0.2, 0.25) is 5.91 Å². The number of methoxy groups -OCH3 is 1. The molecule has 1 spiro atoms. The maximum atomic E-state index is 13.0. The van der Waals surface area contributed by atoms with E-state index in [0.29, 0.717) is 48.5 Å². The Hall–Kier alpha value is -1.58. The smallest absolute Gasteiger partial charge is 0.321 e. The number of carbonyl (C=O) groups is 2. The molecule has 8 nitrogen and oxygen atoms in total. The van der Waals surface area contributed by atoms with Crippen LogP contribution in [-0.4, -0.2) is 96.9 Å². The Balaban J connectivity index is 1.31. The molecule has 1 saturated carbocycles. The van der Waals surface area contributed by atoms with Crippen LogP contribution in [0.4, 0.5) is 10.5 Å². The van der Waals surface area contributed by atoms with Crippen molar-refractivity contribution in [2.75, 3.05) is 58.3 Å². The van der Waals surface area contributed by atoms with Crippen LogP contribution < -0.4 is 5.32 Å². The number of benzene rings is 1. The summed E-state index contributed by atoms with van der Waals surface area (Å²) in [5.41, 5.74) is 0.741. The quantitative estimate of drug-likeness (QED) is 0.585. The molecule has 1 aliphatic carbocycles. The number of amides is 3. The molecular weight excluding hydrogens is 479 g/mol. The van der Waals surface area contributed by atoms with Gasteiger partial charge >= 0.3 is 6.03 Å². The van der Waals surface area contributed by atoms with E-state index in [2.05, 4.69) is 10.2 Å². The highest BCUT2D eigenvalue weighted by Crippen LogP contribution is 2.53. The fourth-order valence-electron chi connectivity index (χ4n) is 5.08. The third-order valence-corrected chi connectivity index (χ3v) is 8.26. The van der Waals surface area contributed by atoms with Gasteiger partial charge in [0.05, 0.1) is 28.8 Å². The van der Waals surface area contributed by atoms with Crippen molar-refractivity contribution in [1.29, 1.82) is 0 Å². The SMILES string of the molecule is COCC(CCN1CCC2(CC2)C(O)C1)N1CCN(C(=O)Nc2ccc(Cl)c(Cl)c2)CCC1=O. The average molecular weight is 513 g/mol. The predicted molar refractivity (Wildman–Crippen MR) is 132 cm³/mol. The van der Waals surface area contributed by atoms with Crippen molar-refractivity contribution in [2.45, 2.75) is 44.2 Å². The molecule has 2 atom stereocenters. The molecule has 3 fully saturated rings. The molecule has 2 saturated heterocycles. The first kappa shape index (κ1) is 25.5. The third-order valence-electron chi connectivity index (χ3n) is 7.52. The fraction of sp³-hybridized carbons (Fsp3) is 0.667. The summed E-state index contributed by atoms with van der Waals surface area (Å²) < 4.78 is 5.45. The summed E-state index contributed by atoms with van der Waals surface area (Å²) in [7, 11) is 1.65. The van der Waals surface area contributed by atoms with Gasteiger partial charge in [-0.3, -0.25) is 4.79 Å². The molecule has 3 aliphatic rings. The first-order valence-electron chi connectivity index (χ1n) is 12.0. The second kappa shape index (κ2) is 11.0. The number of aliphatic hydroxyl groups is 1. The minimum Gasteiger partial charge on any atom is -0.391 e. The molecular formula is C24H34Cl2N4O4. The van der Waals surface area contributed by atoms with E-state index >= 15 is 0 Å². The van der Waals surface area contributed by atoms with E-state index in [1.54, 1.807) is 30.2 Å². The number of nitrogens with zero attached hydrogens (tertiary/aromatic N) is 3. The summed E-state index contributed by atoms with van der Waals surface area (Å²) in [5.74, 6) is 0.0301. The van der Waals surface area contributed by atoms with Crippen LogP contribution in [-0.2, 0) is 9.53 Å². The van der Waals surface area contributed by atoms with Gasteiger partial charge in [0.1, 0.15) is 0 Å². The van der Waals surface area contributed by atoms with Crippen LogP contribution in [0.1, 0.15) is 32.1 Å². The summed E-state index contributed by atoms with van der Waals surface area (Å²) in [6, 6.07) is 4.60. The largest absolute Gasteiger partial charge is 0.391 e. The first-order chi connectivity index (χ1) is 16.3. The fourth-order valence-corrected chi connectivity index (χ4v) is 5.38. The Morgan fingerprint density at radius 2 is 2.00 bits per heavy atom. The number of halogens is 2. The van der Waals surface area contributed by atoms with Gasteiger partial charge < -0.3 is 29.9 Å². The molecule has 34 heavy (non-hydrogen) atoms. The van der Waals surface area contributed by atoms with Gasteiger partial charge in [-0.05, 0) is 55.8 Å². The topological polar surface area (TPSA) is 85.3 Å². The molecule has 2 N–H and O–H groups in total. The number of aliphatic hydroxyl groups excluding tert-OH is 1. The van der Waals surface area contributed by atoms with Gasteiger partial charge in [-0.25, -0.2) is 4.79 Å². The van der Waals surface area contributed by atoms with E-state index in [4.69, 9.17) is 27.9 Å². The van der Waals surface area contributed by atoms with Crippen molar-refractivity contribution >= 4 is 40.8 Å². The number of urea groups is 1. The normalized spacial score (nSPS) is 23.6. The first-order valence-corrected chi connectivity index (χ1v) is 12.8. The Morgan fingerprint density at radius 3 is 2.68 bits per heavy atom. The highest BCUT2D eigenvalue weighted by atomic mass is 35.5. The lowest BCUT2D eigenvalue weighted by Gasteiger charge is -2.38. The second-order valence-corrected chi connectivity index (χ2v) is 10.5. The lowest BCUT2D eigenvalue weighted by molar-refractivity contribution is -0.134. The van der Waals surface area contributed by atoms with Crippen LogP contribution in [0, 0.1) is 5.41 Å². The average Bonchev–Trinajstić information content (AvgIpc) is 3.61. The molecule has 4 rings (SSSR count). The van der Waals surface area contributed by atoms with Crippen LogP contribution in [0.3, 0.4) is 0 Å². The van der Waals surface area contributed by atoms with Gasteiger partial charge in [-0.1, -0.05) is 23.2 Å². The number of carbonyl (C=O) groups excluding carboxylic acids is 2.